The lowest BCUT2D eigenvalue weighted by Crippen LogP contribution is -2.30. The Hall–Kier alpha value is -3.36. The molecular formula is C26H27N3O4S. The Balaban J connectivity index is 1.50. The van der Waals surface area contributed by atoms with Gasteiger partial charge in [-0.2, -0.15) is 0 Å². The average molecular weight is 478 g/mol. The highest BCUT2D eigenvalue weighted by Crippen LogP contribution is 2.34. The van der Waals surface area contributed by atoms with Crippen LogP contribution in [0.25, 0.3) is 17.0 Å². The highest BCUT2D eigenvalue weighted by atomic mass is 32.2. The predicted molar refractivity (Wildman–Crippen MR) is 134 cm³/mol. The third-order valence-electron chi connectivity index (χ3n) is 5.61. The molecule has 176 valence electrons. The van der Waals surface area contributed by atoms with Gasteiger partial charge in [-0.1, -0.05) is 48.5 Å². The van der Waals surface area contributed by atoms with E-state index in [1.54, 1.807) is 13.2 Å². The number of hydrogen-bond donors (Lipinski definition) is 1. The van der Waals surface area contributed by atoms with Crippen LogP contribution in [0, 0.1) is 0 Å². The van der Waals surface area contributed by atoms with Gasteiger partial charge in [0.25, 0.3) is 11.1 Å². The van der Waals surface area contributed by atoms with E-state index in [2.05, 4.69) is 5.32 Å². The first-order valence-corrected chi connectivity index (χ1v) is 12.0. The number of imide groups is 1. The van der Waals surface area contributed by atoms with E-state index in [0.29, 0.717) is 31.0 Å². The van der Waals surface area contributed by atoms with Gasteiger partial charge >= 0.3 is 0 Å². The number of ether oxygens (including phenoxy) is 1. The first-order valence-electron chi connectivity index (χ1n) is 11.2. The highest BCUT2D eigenvalue weighted by molar-refractivity contribution is 8.18. The molecule has 0 atom stereocenters. The van der Waals surface area contributed by atoms with Crippen LogP contribution in [0.5, 0.6) is 0 Å². The van der Waals surface area contributed by atoms with Crippen LogP contribution in [0.2, 0.25) is 0 Å². The zero-order valence-corrected chi connectivity index (χ0v) is 19.8. The SMILES string of the molecule is COCCCNC(=O)Cn1cc(/C=C2\SC(=O)N(CCc3ccccc3)C2=O)c2ccccc21. The molecule has 0 aliphatic carbocycles. The molecule has 1 saturated heterocycles. The summed E-state index contributed by atoms with van der Waals surface area (Å²) in [6.07, 6.45) is 4.98. The third-order valence-corrected chi connectivity index (χ3v) is 6.52. The molecule has 3 amide bonds. The summed E-state index contributed by atoms with van der Waals surface area (Å²) in [5.74, 6) is -0.372. The number of rotatable bonds is 10. The smallest absolute Gasteiger partial charge is 0.293 e. The molecule has 0 bridgehead atoms. The maximum Gasteiger partial charge on any atom is 0.293 e. The number of amides is 3. The first kappa shape index (κ1) is 23.8. The van der Waals surface area contributed by atoms with Gasteiger partial charge in [0.05, 0.1) is 4.91 Å². The van der Waals surface area contributed by atoms with Crippen LogP contribution in [0.4, 0.5) is 4.79 Å². The van der Waals surface area contributed by atoms with Gasteiger partial charge in [0.1, 0.15) is 6.54 Å². The second kappa shape index (κ2) is 11.2. The van der Waals surface area contributed by atoms with Crippen LogP contribution in [-0.4, -0.2) is 53.3 Å². The van der Waals surface area contributed by atoms with E-state index in [0.717, 1.165) is 40.2 Å². The van der Waals surface area contributed by atoms with Crippen LogP contribution in [0.1, 0.15) is 17.5 Å². The lowest BCUT2D eigenvalue weighted by Gasteiger charge is -2.12. The van der Waals surface area contributed by atoms with Crippen LogP contribution in [0.15, 0.2) is 65.7 Å². The van der Waals surface area contributed by atoms with Gasteiger partial charge in [0.15, 0.2) is 0 Å². The minimum Gasteiger partial charge on any atom is -0.385 e. The van der Waals surface area contributed by atoms with Crippen molar-refractivity contribution in [1.29, 1.82) is 0 Å². The molecule has 2 heterocycles. The predicted octanol–water partition coefficient (Wildman–Crippen LogP) is 4.07. The second-order valence-corrected chi connectivity index (χ2v) is 8.99. The number of carbonyl (C=O) groups is 3. The highest BCUT2D eigenvalue weighted by Gasteiger charge is 2.34. The number of hydrogen-bond acceptors (Lipinski definition) is 5. The van der Waals surface area contributed by atoms with Gasteiger partial charge < -0.3 is 14.6 Å². The molecule has 7 nitrogen and oxygen atoms in total. The van der Waals surface area contributed by atoms with E-state index in [4.69, 9.17) is 4.74 Å². The summed E-state index contributed by atoms with van der Waals surface area (Å²) in [5.41, 5.74) is 2.77. The Labute approximate surface area is 202 Å². The Morgan fingerprint density at radius 2 is 1.85 bits per heavy atom. The molecule has 1 aliphatic heterocycles. The fraction of sp³-hybridized carbons (Fsp3) is 0.269. The van der Waals surface area contributed by atoms with Crippen molar-refractivity contribution in [2.45, 2.75) is 19.4 Å². The number of thioether (sulfide) groups is 1. The molecule has 3 aromatic rings. The van der Waals surface area contributed by atoms with Crippen molar-refractivity contribution < 1.29 is 19.1 Å². The Morgan fingerprint density at radius 3 is 2.65 bits per heavy atom. The first-order chi connectivity index (χ1) is 16.6. The van der Waals surface area contributed by atoms with Crippen LogP contribution in [0.3, 0.4) is 0 Å². The van der Waals surface area contributed by atoms with E-state index in [9.17, 15) is 14.4 Å². The third kappa shape index (κ3) is 5.58. The Morgan fingerprint density at radius 1 is 1.09 bits per heavy atom. The van der Waals surface area contributed by atoms with Crippen molar-refractivity contribution in [3.8, 4) is 0 Å². The van der Waals surface area contributed by atoms with Crippen molar-refractivity contribution in [2.75, 3.05) is 26.8 Å². The molecule has 1 aliphatic rings. The number of aromatic nitrogens is 1. The minimum atomic E-state index is -0.279. The second-order valence-electron chi connectivity index (χ2n) is 7.99. The zero-order valence-electron chi connectivity index (χ0n) is 19.0. The topological polar surface area (TPSA) is 80.6 Å². The van der Waals surface area contributed by atoms with Crippen LogP contribution in [-0.2, 0) is 27.3 Å². The van der Waals surface area contributed by atoms with Crippen molar-refractivity contribution >= 4 is 45.8 Å². The molecule has 1 N–H and O–H groups in total. The summed E-state index contributed by atoms with van der Waals surface area (Å²) in [7, 11) is 1.63. The summed E-state index contributed by atoms with van der Waals surface area (Å²) >= 11 is 0.957. The molecule has 0 unspecified atom stereocenters. The Kier molecular flexibility index (Phi) is 7.82. The van der Waals surface area contributed by atoms with Gasteiger partial charge in [0, 0.05) is 49.5 Å². The van der Waals surface area contributed by atoms with E-state index in [1.165, 1.54) is 4.90 Å². The van der Waals surface area contributed by atoms with E-state index < -0.39 is 0 Å². The lowest BCUT2D eigenvalue weighted by molar-refractivity contribution is -0.123. The van der Waals surface area contributed by atoms with Crippen molar-refractivity contribution in [3.05, 3.63) is 76.8 Å². The van der Waals surface area contributed by atoms with Crippen molar-refractivity contribution in [1.82, 2.24) is 14.8 Å². The van der Waals surface area contributed by atoms with Gasteiger partial charge in [-0.3, -0.25) is 19.3 Å². The molecular weight excluding hydrogens is 450 g/mol. The monoisotopic (exact) mass is 477 g/mol. The van der Waals surface area contributed by atoms with Gasteiger partial charge in [0.2, 0.25) is 5.91 Å². The number of para-hydroxylation sites is 1. The fourth-order valence-electron chi connectivity index (χ4n) is 3.90. The summed E-state index contributed by atoms with van der Waals surface area (Å²) < 4.78 is 6.88. The normalized spacial score (nSPS) is 15.0. The minimum absolute atomic E-state index is 0.0929. The molecule has 0 saturated carbocycles. The molecule has 34 heavy (non-hydrogen) atoms. The number of nitrogens with one attached hydrogen (secondary N) is 1. The summed E-state index contributed by atoms with van der Waals surface area (Å²) in [4.78, 5) is 39.6. The molecule has 1 fully saturated rings. The van der Waals surface area contributed by atoms with Gasteiger partial charge in [-0.05, 0) is 42.3 Å². The largest absolute Gasteiger partial charge is 0.385 e. The molecule has 1 aromatic heterocycles. The van der Waals surface area contributed by atoms with Gasteiger partial charge in [-0.25, -0.2) is 0 Å². The van der Waals surface area contributed by atoms with Crippen molar-refractivity contribution in [2.24, 2.45) is 0 Å². The van der Waals surface area contributed by atoms with E-state index in [-0.39, 0.29) is 23.6 Å². The summed E-state index contributed by atoms with van der Waals surface area (Å²) in [6.45, 7) is 1.66. The Bertz CT molecular complexity index is 1220. The van der Waals surface area contributed by atoms with Crippen LogP contribution >= 0.6 is 11.8 Å². The van der Waals surface area contributed by atoms with Crippen molar-refractivity contribution in [3.63, 3.8) is 0 Å². The quantitative estimate of drug-likeness (QED) is 0.352. The number of carbonyl (C=O) groups excluding carboxylic acids is 3. The molecule has 2 aromatic carbocycles. The van der Waals surface area contributed by atoms with Gasteiger partial charge in [-0.15, -0.1) is 0 Å². The van der Waals surface area contributed by atoms with Crippen LogP contribution < -0.4 is 5.32 Å². The standard InChI is InChI=1S/C26H27N3O4S/c1-33-15-7-13-27-24(30)18-28-17-20(21-10-5-6-11-22(21)28)16-23-25(31)29(26(32)34-23)14-12-19-8-3-2-4-9-19/h2-6,8-11,16-17H,7,12-15,18H2,1H3,(H,27,30)/b23-16-. The lowest BCUT2D eigenvalue weighted by atomic mass is 10.1. The zero-order chi connectivity index (χ0) is 23.9. The fourth-order valence-corrected chi connectivity index (χ4v) is 4.75. The average Bonchev–Trinajstić information content (AvgIpc) is 3.32. The number of benzene rings is 2. The maximum atomic E-state index is 13.0. The van der Waals surface area contributed by atoms with E-state index in [1.807, 2.05) is 65.4 Å². The molecule has 0 radical (unpaired) electrons. The summed E-state index contributed by atoms with van der Waals surface area (Å²) in [6, 6.07) is 17.5. The number of fused-ring (bicyclic) bond motifs is 1. The number of methoxy groups -OCH3 is 1. The maximum absolute atomic E-state index is 13.0. The molecule has 8 heteroatoms. The summed E-state index contributed by atoms with van der Waals surface area (Å²) in [5, 5.41) is 3.56. The molecule has 4 rings (SSSR count). The number of nitrogens with zero attached hydrogens (tertiary/aromatic N) is 2. The molecule has 0 spiro atoms. The van der Waals surface area contributed by atoms with E-state index >= 15 is 0 Å².